The van der Waals surface area contributed by atoms with Crippen LogP contribution in [-0.4, -0.2) is 35.5 Å². The summed E-state index contributed by atoms with van der Waals surface area (Å²) in [6.45, 7) is 1.81. The average molecular weight is 312 g/mol. The van der Waals surface area contributed by atoms with Crippen molar-refractivity contribution in [3.63, 3.8) is 0 Å². The van der Waals surface area contributed by atoms with Crippen LogP contribution in [0.2, 0.25) is 0 Å². The Balaban J connectivity index is 2.19. The van der Waals surface area contributed by atoms with Gasteiger partial charge in [0, 0.05) is 6.42 Å². The van der Waals surface area contributed by atoms with Crippen LogP contribution >= 0.6 is 0 Å². The van der Waals surface area contributed by atoms with Gasteiger partial charge in [0.2, 0.25) is 11.8 Å². The minimum Gasteiger partial charge on any atom is -0.480 e. The molecule has 0 spiro atoms. The number of carboxylic acids is 1. The zero-order valence-electron chi connectivity index (χ0n) is 13.4. The van der Waals surface area contributed by atoms with E-state index in [4.69, 9.17) is 5.11 Å². The van der Waals surface area contributed by atoms with Crippen LogP contribution in [0.4, 0.5) is 0 Å². The fourth-order valence-corrected chi connectivity index (χ4v) is 2.81. The van der Waals surface area contributed by atoms with Crippen LogP contribution < -0.4 is 10.6 Å². The molecule has 0 aromatic rings. The molecular weight excluding hydrogens is 284 g/mol. The molecule has 0 aromatic heterocycles. The van der Waals surface area contributed by atoms with Crippen molar-refractivity contribution in [2.45, 2.75) is 70.8 Å². The van der Waals surface area contributed by atoms with E-state index < -0.39 is 17.9 Å². The highest BCUT2D eigenvalue weighted by Gasteiger charge is 2.20. The van der Waals surface area contributed by atoms with E-state index in [0.717, 1.165) is 19.3 Å². The predicted octanol–water partition coefficient (Wildman–Crippen LogP) is 1.83. The van der Waals surface area contributed by atoms with Crippen molar-refractivity contribution in [3.8, 4) is 0 Å². The molecule has 0 radical (unpaired) electrons. The van der Waals surface area contributed by atoms with Crippen molar-refractivity contribution in [1.29, 1.82) is 0 Å². The molecule has 0 aliphatic heterocycles. The largest absolute Gasteiger partial charge is 0.480 e. The van der Waals surface area contributed by atoms with Gasteiger partial charge in [-0.15, -0.1) is 0 Å². The summed E-state index contributed by atoms with van der Waals surface area (Å²) in [7, 11) is 0. The Morgan fingerprint density at radius 3 is 2.45 bits per heavy atom. The van der Waals surface area contributed by atoms with Gasteiger partial charge in [-0.2, -0.15) is 0 Å². The molecule has 1 saturated carbocycles. The number of carbonyl (C=O) groups is 3. The summed E-state index contributed by atoms with van der Waals surface area (Å²) in [6, 6.07) is -0.872. The number of rotatable bonds is 10. The summed E-state index contributed by atoms with van der Waals surface area (Å²) < 4.78 is 0. The van der Waals surface area contributed by atoms with Crippen molar-refractivity contribution in [3.05, 3.63) is 0 Å². The first kappa shape index (κ1) is 18.5. The van der Waals surface area contributed by atoms with E-state index in [1.165, 1.54) is 25.7 Å². The average Bonchev–Trinajstić information content (AvgIpc) is 3.00. The lowest BCUT2D eigenvalue weighted by molar-refractivity contribution is -0.142. The zero-order valence-corrected chi connectivity index (χ0v) is 13.4. The second-order valence-electron chi connectivity index (χ2n) is 6.07. The third kappa shape index (κ3) is 7.43. The van der Waals surface area contributed by atoms with Crippen LogP contribution in [0.15, 0.2) is 0 Å². The molecule has 1 aliphatic rings. The lowest BCUT2D eigenvalue weighted by Gasteiger charge is -2.14. The maximum absolute atomic E-state index is 11.7. The molecule has 1 rings (SSSR count). The third-order valence-corrected chi connectivity index (χ3v) is 4.18. The van der Waals surface area contributed by atoms with Gasteiger partial charge in [-0.3, -0.25) is 9.59 Å². The van der Waals surface area contributed by atoms with Crippen LogP contribution in [0.25, 0.3) is 0 Å². The summed E-state index contributed by atoms with van der Waals surface area (Å²) in [5.74, 6) is -0.973. The molecule has 2 amide bonds. The van der Waals surface area contributed by atoms with E-state index in [2.05, 4.69) is 10.6 Å². The number of amides is 2. The predicted molar refractivity (Wildman–Crippen MR) is 83.3 cm³/mol. The molecule has 0 bridgehead atoms. The smallest absolute Gasteiger partial charge is 0.326 e. The number of carbonyl (C=O) groups excluding carboxylic acids is 2. The van der Waals surface area contributed by atoms with Gasteiger partial charge >= 0.3 is 5.97 Å². The van der Waals surface area contributed by atoms with Gasteiger partial charge < -0.3 is 15.7 Å². The van der Waals surface area contributed by atoms with Crippen molar-refractivity contribution < 1.29 is 19.5 Å². The number of nitrogens with one attached hydrogen (secondary N) is 2. The van der Waals surface area contributed by atoms with E-state index in [-0.39, 0.29) is 12.5 Å². The second kappa shape index (κ2) is 10.2. The highest BCUT2D eigenvalue weighted by Crippen LogP contribution is 2.28. The van der Waals surface area contributed by atoms with Crippen LogP contribution in [0.5, 0.6) is 0 Å². The minimum atomic E-state index is -1.03. The van der Waals surface area contributed by atoms with E-state index in [0.29, 0.717) is 18.8 Å². The highest BCUT2D eigenvalue weighted by molar-refractivity contribution is 5.87. The molecule has 22 heavy (non-hydrogen) atoms. The molecular formula is C16H28N2O4. The topological polar surface area (TPSA) is 95.5 Å². The van der Waals surface area contributed by atoms with E-state index >= 15 is 0 Å². The van der Waals surface area contributed by atoms with Crippen molar-refractivity contribution in [2.24, 2.45) is 5.92 Å². The molecule has 0 unspecified atom stereocenters. The third-order valence-electron chi connectivity index (χ3n) is 4.18. The molecule has 3 N–H and O–H groups in total. The Hall–Kier alpha value is -1.59. The number of aliphatic carboxylic acids is 1. The molecule has 1 aliphatic carbocycles. The fourth-order valence-electron chi connectivity index (χ4n) is 2.81. The Bertz CT molecular complexity index is 378. The summed E-state index contributed by atoms with van der Waals surface area (Å²) in [5.41, 5.74) is 0. The summed E-state index contributed by atoms with van der Waals surface area (Å²) in [4.78, 5) is 34.4. The van der Waals surface area contributed by atoms with Gasteiger partial charge in [0.1, 0.15) is 6.04 Å². The number of carboxylic acid groups (broad SMARTS) is 1. The van der Waals surface area contributed by atoms with Gasteiger partial charge in [-0.1, -0.05) is 45.4 Å². The van der Waals surface area contributed by atoms with Gasteiger partial charge in [0.15, 0.2) is 0 Å². The molecule has 0 aromatic carbocycles. The normalized spacial score (nSPS) is 16.2. The first-order valence-corrected chi connectivity index (χ1v) is 8.31. The van der Waals surface area contributed by atoms with Crippen LogP contribution in [0, 0.1) is 5.92 Å². The first-order chi connectivity index (χ1) is 10.5. The molecule has 0 heterocycles. The quantitative estimate of drug-likeness (QED) is 0.573. The molecule has 1 atom stereocenters. The van der Waals surface area contributed by atoms with Gasteiger partial charge in [-0.25, -0.2) is 4.79 Å². The molecule has 0 saturated heterocycles. The Labute approximate surface area is 132 Å². The summed E-state index contributed by atoms with van der Waals surface area (Å²) in [6.07, 6.45) is 8.25. The van der Waals surface area contributed by atoms with Crippen molar-refractivity contribution in [1.82, 2.24) is 10.6 Å². The lowest BCUT2D eigenvalue weighted by Crippen LogP contribution is -2.45. The maximum Gasteiger partial charge on any atom is 0.326 e. The van der Waals surface area contributed by atoms with E-state index in [1.807, 2.05) is 6.92 Å². The maximum atomic E-state index is 11.7. The van der Waals surface area contributed by atoms with Gasteiger partial charge in [0.05, 0.1) is 6.54 Å². The number of hydrogen-bond donors (Lipinski definition) is 3. The second-order valence-corrected chi connectivity index (χ2v) is 6.07. The van der Waals surface area contributed by atoms with Gasteiger partial charge in [-0.05, 0) is 18.8 Å². The Morgan fingerprint density at radius 1 is 1.18 bits per heavy atom. The van der Waals surface area contributed by atoms with Gasteiger partial charge in [0.25, 0.3) is 0 Å². The first-order valence-electron chi connectivity index (χ1n) is 8.31. The summed E-state index contributed by atoms with van der Waals surface area (Å²) in [5, 5.41) is 14.0. The van der Waals surface area contributed by atoms with Crippen molar-refractivity contribution in [2.75, 3.05) is 6.54 Å². The lowest BCUT2D eigenvalue weighted by atomic mass is 10.0. The Morgan fingerprint density at radius 2 is 1.86 bits per heavy atom. The van der Waals surface area contributed by atoms with Crippen LogP contribution in [-0.2, 0) is 14.4 Å². The standard InChI is InChI=1S/C16H28N2O4/c1-2-3-8-13(16(21)22)18-15(20)11-17-14(19)10-9-12-6-4-5-7-12/h12-13H,2-11H2,1H3,(H,17,19)(H,18,20)(H,21,22)/t13-/m0/s1. The zero-order chi connectivity index (χ0) is 16.4. The highest BCUT2D eigenvalue weighted by atomic mass is 16.4. The van der Waals surface area contributed by atoms with E-state index in [9.17, 15) is 14.4 Å². The minimum absolute atomic E-state index is 0.137. The molecule has 6 heteroatoms. The summed E-state index contributed by atoms with van der Waals surface area (Å²) >= 11 is 0. The number of hydrogen-bond acceptors (Lipinski definition) is 3. The SMILES string of the molecule is CCCC[C@H](NC(=O)CNC(=O)CCC1CCCC1)C(=O)O. The Kier molecular flexibility index (Phi) is 8.55. The number of unbranched alkanes of at least 4 members (excludes halogenated alkanes) is 1. The molecule has 126 valence electrons. The molecule has 6 nitrogen and oxygen atoms in total. The van der Waals surface area contributed by atoms with Crippen LogP contribution in [0.1, 0.15) is 64.7 Å². The monoisotopic (exact) mass is 312 g/mol. The molecule has 1 fully saturated rings. The fraction of sp³-hybridized carbons (Fsp3) is 0.812. The van der Waals surface area contributed by atoms with Crippen molar-refractivity contribution >= 4 is 17.8 Å². The van der Waals surface area contributed by atoms with Crippen LogP contribution in [0.3, 0.4) is 0 Å². The van der Waals surface area contributed by atoms with E-state index in [1.54, 1.807) is 0 Å².